The van der Waals surface area contributed by atoms with Crippen molar-refractivity contribution in [3.8, 4) is 6.07 Å². The summed E-state index contributed by atoms with van der Waals surface area (Å²) in [6.07, 6.45) is 5.28. The predicted octanol–water partition coefficient (Wildman–Crippen LogP) is 3.31. The van der Waals surface area contributed by atoms with Gasteiger partial charge in [-0.1, -0.05) is 5.16 Å². The molecule has 0 N–H and O–H groups in total. The first kappa shape index (κ1) is 20.8. The number of aryl methyl sites for hydroxylation is 2. The van der Waals surface area contributed by atoms with Gasteiger partial charge >= 0.3 is 6.09 Å². The lowest BCUT2D eigenvalue weighted by atomic mass is 9.93. The highest BCUT2D eigenvalue weighted by atomic mass is 16.6. The fourth-order valence-electron chi connectivity index (χ4n) is 3.32. The summed E-state index contributed by atoms with van der Waals surface area (Å²) in [4.78, 5) is 22.4. The van der Waals surface area contributed by atoms with E-state index in [1.54, 1.807) is 17.2 Å². The fraction of sp³-hybridized carbons (Fsp3) is 0.571. The lowest BCUT2D eigenvalue weighted by molar-refractivity contribution is 0.0183. The van der Waals surface area contributed by atoms with Gasteiger partial charge in [-0.2, -0.15) is 10.2 Å². The largest absolute Gasteiger partial charge is 0.444 e. The number of carbonyl (C=O) groups is 1. The number of amides is 1. The van der Waals surface area contributed by atoms with Crippen LogP contribution < -0.4 is 0 Å². The molecule has 1 saturated heterocycles. The number of nitriles is 1. The Hall–Kier alpha value is -2.95. The molecule has 0 saturated carbocycles. The highest BCUT2D eigenvalue weighted by Gasteiger charge is 2.27. The van der Waals surface area contributed by atoms with E-state index in [2.05, 4.69) is 15.1 Å². The third-order valence-electron chi connectivity index (χ3n) is 4.81. The molecule has 0 spiro atoms. The summed E-state index contributed by atoms with van der Waals surface area (Å²) >= 11 is 0. The summed E-state index contributed by atoms with van der Waals surface area (Å²) in [5, 5.41) is 13.0. The maximum Gasteiger partial charge on any atom is 0.410 e. The van der Waals surface area contributed by atoms with E-state index in [0.29, 0.717) is 49.3 Å². The average molecular weight is 397 g/mol. The Bertz CT molecular complexity index is 873. The standard InChI is InChI=1S/C21H27N5O3/c1-21(2,3)28-20(27)26-10-7-16(8-11-26)13-18-24-19(29-25-18)5-4-15-6-9-23-17(12-15)14-22/h6,9,12,16H,4-5,7-8,10-11,13H2,1-3H3. The van der Waals surface area contributed by atoms with Crippen molar-refractivity contribution in [2.75, 3.05) is 13.1 Å². The van der Waals surface area contributed by atoms with E-state index < -0.39 is 5.60 Å². The zero-order valence-corrected chi connectivity index (χ0v) is 17.2. The number of hydrogen-bond acceptors (Lipinski definition) is 7. The summed E-state index contributed by atoms with van der Waals surface area (Å²) in [6.45, 7) is 7.01. The van der Waals surface area contributed by atoms with Crippen molar-refractivity contribution in [2.24, 2.45) is 5.92 Å². The number of piperidine rings is 1. The van der Waals surface area contributed by atoms with E-state index in [9.17, 15) is 4.79 Å². The summed E-state index contributed by atoms with van der Waals surface area (Å²) in [5.41, 5.74) is 0.957. The van der Waals surface area contributed by atoms with Crippen molar-refractivity contribution in [3.05, 3.63) is 41.3 Å². The highest BCUT2D eigenvalue weighted by molar-refractivity contribution is 5.68. The summed E-state index contributed by atoms with van der Waals surface area (Å²) in [6, 6.07) is 5.70. The van der Waals surface area contributed by atoms with Crippen LogP contribution in [0.25, 0.3) is 0 Å². The second kappa shape index (κ2) is 9.03. The van der Waals surface area contributed by atoms with Crippen LogP contribution in [0.1, 0.15) is 56.6 Å². The first-order chi connectivity index (χ1) is 13.8. The van der Waals surface area contributed by atoms with Gasteiger partial charge in [0, 0.05) is 32.1 Å². The van der Waals surface area contributed by atoms with Crippen LogP contribution in [-0.2, 0) is 24.0 Å². The monoisotopic (exact) mass is 397 g/mol. The lowest BCUT2D eigenvalue weighted by Crippen LogP contribution is -2.42. The van der Waals surface area contributed by atoms with E-state index in [4.69, 9.17) is 14.5 Å². The Morgan fingerprint density at radius 3 is 2.79 bits per heavy atom. The minimum Gasteiger partial charge on any atom is -0.444 e. The number of pyridine rings is 1. The van der Waals surface area contributed by atoms with Crippen LogP contribution in [0.5, 0.6) is 0 Å². The molecule has 0 unspecified atom stereocenters. The molecule has 0 bridgehead atoms. The van der Waals surface area contributed by atoms with Gasteiger partial charge < -0.3 is 14.2 Å². The summed E-state index contributed by atoms with van der Waals surface area (Å²) < 4.78 is 10.8. The summed E-state index contributed by atoms with van der Waals surface area (Å²) in [5.74, 6) is 1.74. The topological polar surface area (TPSA) is 105 Å². The maximum absolute atomic E-state index is 12.2. The normalized spacial score (nSPS) is 15.2. The van der Waals surface area contributed by atoms with Gasteiger partial charge in [-0.25, -0.2) is 9.78 Å². The number of hydrogen-bond donors (Lipinski definition) is 0. The Morgan fingerprint density at radius 2 is 2.10 bits per heavy atom. The third kappa shape index (κ3) is 6.28. The molecule has 3 heterocycles. The molecule has 1 amide bonds. The second-order valence-corrected chi connectivity index (χ2v) is 8.38. The van der Waals surface area contributed by atoms with Crippen LogP contribution in [0.15, 0.2) is 22.9 Å². The van der Waals surface area contributed by atoms with E-state index in [1.165, 1.54) is 0 Å². The summed E-state index contributed by atoms with van der Waals surface area (Å²) in [7, 11) is 0. The minimum absolute atomic E-state index is 0.242. The SMILES string of the molecule is CC(C)(C)OC(=O)N1CCC(Cc2noc(CCc3ccnc(C#N)c3)n2)CC1. The van der Waals surface area contributed by atoms with Crippen LogP contribution in [0.4, 0.5) is 4.79 Å². The fourth-order valence-corrected chi connectivity index (χ4v) is 3.32. The molecule has 2 aromatic heterocycles. The quantitative estimate of drug-likeness (QED) is 0.762. The van der Waals surface area contributed by atoms with Crippen molar-refractivity contribution in [2.45, 2.75) is 58.5 Å². The lowest BCUT2D eigenvalue weighted by Gasteiger charge is -2.33. The van der Waals surface area contributed by atoms with Gasteiger partial charge in [-0.3, -0.25) is 0 Å². The van der Waals surface area contributed by atoms with Crippen LogP contribution in [0.2, 0.25) is 0 Å². The molecule has 1 aliphatic heterocycles. The molecule has 0 radical (unpaired) electrons. The molecule has 1 fully saturated rings. The van der Waals surface area contributed by atoms with Gasteiger partial charge in [0.05, 0.1) is 0 Å². The van der Waals surface area contributed by atoms with Crippen molar-refractivity contribution in [3.63, 3.8) is 0 Å². The zero-order valence-electron chi connectivity index (χ0n) is 17.2. The van der Waals surface area contributed by atoms with E-state index >= 15 is 0 Å². The number of aromatic nitrogens is 3. The average Bonchev–Trinajstić information content (AvgIpc) is 3.13. The second-order valence-electron chi connectivity index (χ2n) is 8.38. The molecule has 154 valence electrons. The molecule has 0 aliphatic carbocycles. The van der Waals surface area contributed by atoms with Crippen molar-refractivity contribution < 1.29 is 14.1 Å². The molecular weight excluding hydrogens is 370 g/mol. The molecule has 1 aliphatic rings. The molecule has 0 atom stereocenters. The minimum atomic E-state index is -0.471. The van der Waals surface area contributed by atoms with Crippen molar-refractivity contribution >= 4 is 6.09 Å². The Balaban J connectivity index is 1.45. The zero-order chi connectivity index (χ0) is 20.9. The van der Waals surface area contributed by atoms with Gasteiger partial charge in [-0.05, 0) is 63.6 Å². The third-order valence-corrected chi connectivity index (χ3v) is 4.81. The molecule has 0 aromatic carbocycles. The van der Waals surface area contributed by atoms with E-state index in [1.807, 2.05) is 32.9 Å². The maximum atomic E-state index is 12.2. The molecule has 3 rings (SSSR count). The van der Waals surface area contributed by atoms with E-state index in [-0.39, 0.29) is 6.09 Å². The van der Waals surface area contributed by atoms with Crippen LogP contribution in [-0.4, -0.2) is 44.8 Å². The van der Waals surface area contributed by atoms with Gasteiger partial charge in [0.25, 0.3) is 0 Å². The molecular formula is C21H27N5O3. The van der Waals surface area contributed by atoms with Gasteiger partial charge in [0.1, 0.15) is 17.4 Å². The Labute approximate surface area is 170 Å². The molecule has 8 heteroatoms. The first-order valence-electron chi connectivity index (χ1n) is 9.97. The van der Waals surface area contributed by atoms with Crippen LogP contribution in [0.3, 0.4) is 0 Å². The number of likely N-dealkylation sites (tertiary alicyclic amines) is 1. The predicted molar refractivity (Wildman–Crippen MR) is 105 cm³/mol. The number of rotatable bonds is 5. The van der Waals surface area contributed by atoms with Crippen molar-refractivity contribution in [1.29, 1.82) is 5.26 Å². The van der Waals surface area contributed by atoms with E-state index in [0.717, 1.165) is 24.8 Å². The number of nitrogens with zero attached hydrogens (tertiary/aromatic N) is 5. The first-order valence-corrected chi connectivity index (χ1v) is 9.97. The van der Waals surface area contributed by atoms with Gasteiger partial charge in [0.2, 0.25) is 5.89 Å². The smallest absolute Gasteiger partial charge is 0.410 e. The van der Waals surface area contributed by atoms with Crippen LogP contribution >= 0.6 is 0 Å². The molecule has 2 aromatic rings. The van der Waals surface area contributed by atoms with Crippen LogP contribution in [0, 0.1) is 17.2 Å². The number of carbonyl (C=O) groups excluding carboxylic acids is 1. The Morgan fingerprint density at radius 1 is 1.34 bits per heavy atom. The van der Waals surface area contributed by atoms with Gasteiger partial charge in [0.15, 0.2) is 5.82 Å². The Kier molecular flexibility index (Phi) is 6.47. The molecule has 29 heavy (non-hydrogen) atoms. The van der Waals surface area contributed by atoms with Gasteiger partial charge in [-0.15, -0.1) is 0 Å². The number of ether oxygens (including phenoxy) is 1. The van der Waals surface area contributed by atoms with Crippen molar-refractivity contribution in [1.82, 2.24) is 20.0 Å². The highest BCUT2D eigenvalue weighted by Crippen LogP contribution is 2.22. The molecule has 8 nitrogen and oxygen atoms in total.